The molecule has 16 nitrogen and oxygen atoms in total. The maximum atomic E-state index is 10.7. The molecule has 67 heavy (non-hydrogen) atoms. The van der Waals surface area contributed by atoms with Crippen LogP contribution < -0.4 is 10.2 Å². The second-order valence-corrected chi connectivity index (χ2v) is 23.4. The van der Waals surface area contributed by atoms with E-state index in [9.17, 15) is 10.2 Å². The number of hydrogen-bond donors (Lipinski definition) is 0. The summed E-state index contributed by atoms with van der Waals surface area (Å²) in [5.41, 5.74) is 1.41. The minimum atomic E-state index is -0.521. The van der Waals surface area contributed by atoms with Gasteiger partial charge >= 0.3 is 0 Å². The Morgan fingerprint density at radius 1 is 0.373 bits per heavy atom. The third-order valence-corrected chi connectivity index (χ3v) is 17.4. The van der Waals surface area contributed by atoms with Gasteiger partial charge in [0.05, 0.1) is 129 Å². The summed E-state index contributed by atoms with van der Waals surface area (Å²) in [6.45, 7) is 17.6. The molecule has 6 fully saturated rings. The van der Waals surface area contributed by atoms with Crippen molar-refractivity contribution in [2.24, 2.45) is 9.98 Å². The van der Waals surface area contributed by atoms with Crippen molar-refractivity contribution in [3.8, 4) is 0 Å². The van der Waals surface area contributed by atoms with Crippen LogP contribution in [0.5, 0.6) is 0 Å². The number of allylic oxidation sites excluding steroid dienone is 4. The summed E-state index contributed by atoms with van der Waals surface area (Å²) in [5, 5.41) is 21.4. The third kappa shape index (κ3) is 30.8. The van der Waals surface area contributed by atoms with Crippen molar-refractivity contribution in [3.05, 3.63) is 23.7 Å². The molecule has 0 aromatic carbocycles. The van der Waals surface area contributed by atoms with E-state index in [1.165, 1.54) is 63.0 Å². The van der Waals surface area contributed by atoms with Crippen molar-refractivity contribution >= 4 is 27.3 Å². The smallest absolute Gasteiger partial charge is 0.161 e. The quantitative estimate of drug-likeness (QED) is 0.0522. The van der Waals surface area contributed by atoms with Gasteiger partial charge in [-0.1, -0.05) is 26.0 Å². The molecule has 0 amide bonds. The largest absolute Gasteiger partial charge is 0.876 e. The van der Waals surface area contributed by atoms with Crippen LogP contribution in [-0.4, -0.2) is 179 Å². The molecule has 0 aliphatic carbocycles. The Hall–Kier alpha value is -0.551. The van der Waals surface area contributed by atoms with E-state index in [2.05, 4.69) is 9.98 Å². The van der Waals surface area contributed by atoms with E-state index in [-0.39, 0.29) is 69.4 Å². The van der Waals surface area contributed by atoms with Crippen LogP contribution >= 0.6 is 15.8 Å². The Morgan fingerprint density at radius 2 is 0.552 bits per heavy atom. The van der Waals surface area contributed by atoms with Crippen LogP contribution in [0.15, 0.2) is 33.7 Å². The van der Waals surface area contributed by atoms with E-state index >= 15 is 0 Å². The van der Waals surface area contributed by atoms with Gasteiger partial charge in [0, 0.05) is 85.9 Å². The first-order valence-electron chi connectivity index (χ1n) is 25.0. The van der Waals surface area contributed by atoms with E-state index in [1.54, 1.807) is 13.8 Å². The van der Waals surface area contributed by atoms with Gasteiger partial charge in [-0.3, -0.25) is 9.98 Å². The molecule has 0 aromatic rings. The van der Waals surface area contributed by atoms with Crippen LogP contribution in [0.3, 0.4) is 0 Å². The van der Waals surface area contributed by atoms with Gasteiger partial charge in [0.2, 0.25) is 0 Å². The fourth-order valence-electron chi connectivity index (χ4n) is 8.03. The summed E-state index contributed by atoms with van der Waals surface area (Å²) in [6, 6.07) is 0. The first-order chi connectivity index (χ1) is 32.2. The van der Waals surface area contributed by atoms with Crippen molar-refractivity contribution in [2.45, 2.75) is 142 Å². The molecule has 6 aliphatic rings. The minimum Gasteiger partial charge on any atom is -0.876 e. The SMILES string of the molecule is C1COC(CC[PH+](CCC2OCCCO2)CCC2OCCCO2)OC1.C1COC(CC[PH+](CCC2OCCCO2)CCC2OCCCO2)OC1.CC(/C=C(/C)[O-])=NCCN=C(C)/C=C(/C)[O-].[99Tc]. The molecule has 6 heterocycles. The van der Waals surface area contributed by atoms with Crippen LogP contribution in [0.25, 0.3) is 0 Å². The fraction of sp³-hybridized carbons (Fsp3) is 0.875. The van der Waals surface area contributed by atoms with Crippen LogP contribution in [-0.2, 0) is 76.9 Å². The molecule has 0 spiro atoms. The molecule has 0 atom stereocenters. The Morgan fingerprint density at radius 3 is 0.716 bits per heavy atom. The monoisotopic (exact) mass is 1080 g/mol. The van der Waals surface area contributed by atoms with Gasteiger partial charge < -0.3 is 67.1 Å². The second-order valence-electron chi connectivity index (χ2n) is 17.4. The predicted molar refractivity (Wildman–Crippen MR) is 259 cm³/mol. The van der Waals surface area contributed by atoms with E-state index in [4.69, 9.17) is 56.8 Å². The first kappa shape index (κ1) is 60.8. The van der Waals surface area contributed by atoms with Crippen molar-refractivity contribution in [1.29, 1.82) is 0 Å². The molecule has 0 bridgehead atoms. The summed E-state index contributed by atoms with van der Waals surface area (Å²) < 4.78 is 68.6. The maximum absolute atomic E-state index is 10.7. The molecule has 0 unspecified atom stereocenters. The zero-order valence-corrected chi connectivity index (χ0v) is 45.1. The van der Waals surface area contributed by atoms with Gasteiger partial charge in [0.1, 0.15) is 0 Å². The van der Waals surface area contributed by atoms with Gasteiger partial charge in [0.25, 0.3) is 0 Å². The maximum Gasteiger partial charge on any atom is 0.161 e. The fourth-order valence-corrected chi connectivity index (χ4v) is 13.4. The number of hydrogen-bond acceptors (Lipinski definition) is 16. The molecule has 19 heteroatoms. The van der Waals surface area contributed by atoms with Crippen LogP contribution in [0.1, 0.15) is 105 Å². The zero-order valence-electron chi connectivity index (χ0n) is 41.2. The molecule has 6 aliphatic heterocycles. The first-order valence-corrected chi connectivity index (χ1v) is 29.2. The summed E-state index contributed by atoms with van der Waals surface area (Å²) >= 11 is 0. The van der Waals surface area contributed by atoms with Gasteiger partial charge in [-0.05, 0) is 52.4 Å². The predicted octanol–water partition coefficient (Wildman–Crippen LogP) is 5.75. The van der Waals surface area contributed by atoms with Gasteiger partial charge in [0.15, 0.2) is 37.7 Å². The van der Waals surface area contributed by atoms with E-state index in [0.717, 1.165) is 156 Å². The molecular formula is C48H86N2O14P2Tc. The van der Waals surface area contributed by atoms with E-state index < -0.39 is 15.8 Å². The Bertz CT molecular complexity index is 1140. The Kier molecular flexibility index (Phi) is 35.4. The average molecular weight is 1080 g/mol. The summed E-state index contributed by atoms with van der Waals surface area (Å²) in [5.74, 6) is -0.0170. The molecule has 0 N–H and O–H groups in total. The van der Waals surface area contributed by atoms with Crippen LogP contribution in [0.2, 0.25) is 0 Å². The molecule has 0 aromatic heterocycles. The summed E-state index contributed by atoms with van der Waals surface area (Å²) in [4.78, 5) is 8.30. The molecular weight excluding hydrogens is 989 g/mol. The van der Waals surface area contributed by atoms with E-state index in [0.29, 0.717) is 24.5 Å². The number of aliphatic imine (C=N–C) groups is 2. The van der Waals surface area contributed by atoms with Gasteiger partial charge in [-0.2, -0.15) is 0 Å². The van der Waals surface area contributed by atoms with Crippen molar-refractivity contribution in [3.63, 3.8) is 0 Å². The third-order valence-electron chi connectivity index (χ3n) is 11.4. The Labute approximate surface area is 418 Å². The second kappa shape index (κ2) is 39.0. The topological polar surface area (TPSA) is 182 Å². The number of ether oxygens (including phenoxy) is 12. The molecule has 6 rings (SSSR count). The van der Waals surface area contributed by atoms with Gasteiger partial charge in [-0.25, -0.2) is 0 Å². The van der Waals surface area contributed by atoms with Crippen molar-refractivity contribution in [2.75, 3.05) is 129 Å². The van der Waals surface area contributed by atoms with Crippen LogP contribution in [0, 0.1) is 0 Å². The summed E-state index contributed by atoms with van der Waals surface area (Å²) in [7, 11) is -1.04. The minimum absolute atomic E-state index is 0. The zero-order chi connectivity index (χ0) is 46.9. The van der Waals surface area contributed by atoms with Crippen molar-refractivity contribution in [1.82, 2.24) is 0 Å². The van der Waals surface area contributed by atoms with Crippen LogP contribution in [0.4, 0.5) is 0 Å². The van der Waals surface area contributed by atoms with Crippen molar-refractivity contribution < 1.29 is 87.2 Å². The standard InChI is InChI=1S/2C18H33O6P.C12H20N2O2.Tc/c2*1-7-19-16(20-8-1)4-13-25(14-5-17-21-9-2-10-22-17)15-6-18-23-11-3-12-24-18;1-9(7-11(3)15)13-5-6-14-10(2)8-12(4)16;/h2*16-18H,1-15H2;7-8,15-16H,5-6H2,1-4H3;/b;;11-7-,12-8-,13-9?,14-10?;/i;;;1+1. The Balaban J connectivity index is 0.000000273. The molecule has 6 saturated heterocycles. The average Bonchev–Trinajstić information content (AvgIpc) is 3.34. The molecule has 0 saturated carbocycles. The van der Waals surface area contributed by atoms with E-state index in [1.807, 2.05) is 0 Å². The summed E-state index contributed by atoms with van der Waals surface area (Å²) in [6.07, 6.45) is 22.3. The molecule has 1 radical (unpaired) electrons. The number of rotatable bonds is 23. The molecule has 389 valence electrons. The number of nitrogens with zero attached hydrogens (tertiary/aromatic N) is 2. The normalized spacial score (nSPS) is 22.2. The van der Waals surface area contributed by atoms with Gasteiger partial charge in [-0.15, -0.1) is 11.5 Å².